The summed E-state index contributed by atoms with van der Waals surface area (Å²) in [4.78, 5) is 0. The summed E-state index contributed by atoms with van der Waals surface area (Å²) in [7, 11) is 0. The van der Waals surface area contributed by atoms with Crippen LogP contribution in [0.5, 0.6) is 0 Å². The smallest absolute Gasteiger partial charge is 0.0329 e. The van der Waals surface area contributed by atoms with Crippen molar-refractivity contribution in [3.8, 4) is 0 Å². The number of hydrogen-bond donors (Lipinski definition) is 0. The van der Waals surface area contributed by atoms with Crippen LogP contribution in [0.4, 0.5) is 0 Å². The summed E-state index contributed by atoms with van der Waals surface area (Å²) < 4.78 is 0. The van der Waals surface area contributed by atoms with E-state index in [1.165, 1.54) is 32.1 Å². The highest BCUT2D eigenvalue weighted by Gasteiger charge is 2.41. The maximum atomic E-state index is 2.53. The lowest BCUT2D eigenvalue weighted by Gasteiger charge is -2.48. The maximum absolute atomic E-state index is 2.53. The minimum absolute atomic E-state index is 0.960. The predicted molar refractivity (Wildman–Crippen MR) is 75.9 cm³/mol. The molecule has 0 bridgehead atoms. The Balaban J connectivity index is 2.13. The monoisotopic (exact) mass is 236 g/mol. The van der Waals surface area contributed by atoms with Gasteiger partial charge in [0, 0.05) is 0 Å². The van der Waals surface area contributed by atoms with Crippen molar-refractivity contribution in [1.82, 2.24) is 0 Å². The second kappa shape index (κ2) is 5.33. The van der Waals surface area contributed by atoms with Gasteiger partial charge in [-0.1, -0.05) is 53.9 Å². The second-order valence-electron chi connectivity index (χ2n) is 7.57. The summed E-state index contributed by atoms with van der Waals surface area (Å²) in [5.74, 6) is 6.86. The molecule has 0 spiro atoms. The minimum Gasteiger partial charge on any atom is -0.0625 e. The van der Waals surface area contributed by atoms with Crippen LogP contribution in [0.3, 0.4) is 0 Å². The van der Waals surface area contributed by atoms with Crippen LogP contribution in [-0.4, -0.2) is 0 Å². The zero-order valence-corrected chi connectivity index (χ0v) is 12.6. The van der Waals surface area contributed by atoms with Crippen LogP contribution in [0.1, 0.15) is 66.7 Å². The van der Waals surface area contributed by atoms with Gasteiger partial charge in [-0.05, 0) is 54.3 Å². The summed E-state index contributed by atoms with van der Waals surface area (Å²) in [6.07, 6.45) is 7.40. The van der Waals surface area contributed by atoms with E-state index in [1.54, 1.807) is 0 Å². The Morgan fingerprint density at radius 1 is 0.588 bits per heavy atom. The highest BCUT2D eigenvalue weighted by Crippen LogP contribution is 2.49. The first-order valence-electron chi connectivity index (χ1n) is 8.00. The second-order valence-corrected chi connectivity index (χ2v) is 7.57. The van der Waals surface area contributed by atoms with Gasteiger partial charge in [0.2, 0.25) is 0 Å². The SMILES string of the molecule is CC1CC(C)C(C2C(C)CCCC2C)C(C)C1. The molecule has 4 unspecified atom stereocenters. The van der Waals surface area contributed by atoms with E-state index in [4.69, 9.17) is 0 Å². The number of rotatable bonds is 1. The third-order valence-corrected chi connectivity index (χ3v) is 5.94. The molecule has 0 heteroatoms. The van der Waals surface area contributed by atoms with E-state index in [1.807, 2.05) is 0 Å². The molecule has 0 aromatic rings. The molecule has 0 nitrogen and oxygen atoms in total. The van der Waals surface area contributed by atoms with E-state index >= 15 is 0 Å². The van der Waals surface area contributed by atoms with E-state index in [-0.39, 0.29) is 0 Å². The van der Waals surface area contributed by atoms with Crippen LogP contribution in [0.25, 0.3) is 0 Å². The molecular formula is C17H32. The van der Waals surface area contributed by atoms with Gasteiger partial charge in [-0.2, -0.15) is 0 Å². The van der Waals surface area contributed by atoms with E-state index < -0.39 is 0 Å². The normalized spacial score (nSPS) is 52.4. The molecule has 0 heterocycles. The lowest BCUT2D eigenvalue weighted by Crippen LogP contribution is -2.41. The highest BCUT2D eigenvalue weighted by molar-refractivity contribution is 4.91. The van der Waals surface area contributed by atoms with Crippen molar-refractivity contribution >= 4 is 0 Å². The van der Waals surface area contributed by atoms with E-state index in [2.05, 4.69) is 34.6 Å². The van der Waals surface area contributed by atoms with Crippen molar-refractivity contribution in [3.63, 3.8) is 0 Å². The average Bonchev–Trinajstić information content (AvgIpc) is 2.21. The van der Waals surface area contributed by atoms with Gasteiger partial charge >= 0.3 is 0 Å². The van der Waals surface area contributed by atoms with E-state index in [0.29, 0.717) is 0 Å². The van der Waals surface area contributed by atoms with Gasteiger partial charge in [0.1, 0.15) is 0 Å². The quantitative estimate of drug-likeness (QED) is 0.573. The fourth-order valence-corrected chi connectivity index (χ4v) is 5.47. The average molecular weight is 236 g/mol. The molecular weight excluding hydrogens is 204 g/mol. The molecule has 0 aliphatic heterocycles. The van der Waals surface area contributed by atoms with E-state index in [9.17, 15) is 0 Å². The fourth-order valence-electron chi connectivity index (χ4n) is 5.47. The van der Waals surface area contributed by atoms with Gasteiger partial charge in [-0.15, -0.1) is 0 Å². The molecule has 0 aromatic carbocycles. The predicted octanol–water partition coefficient (Wildman–Crippen LogP) is 5.38. The Bertz CT molecular complexity index is 222. The summed E-state index contributed by atoms with van der Waals surface area (Å²) in [6, 6.07) is 0. The van der Waals surface area contributed by atoms with Crippen LogP contribution in [-0.2, 0) is 0 Å². The van der Waals surface area contributed by atoms with Crippen molar-refractivity contribution < 1.29 is 0 Å². The Labute approximate surface area is 109 Å². The lowest BCUT2D eigenvalue weighted by atomic mass is 9.57. The molecule has 0 saturated heterocycles. The van der Waals surface area contributed by atoms with Gasteiger partial charge in [0.15, 0.2) is 0 Å². The van der Waals surface area contributed by atoms with Crippen LogP contribution in [0.15, 0.2) is 0 Å². The molecule has 2 aliphatic carbocycles. The molecule has 2 saturated carbocycles. The maximum Gasteiger partial charge on any atom is -0.0329 e. The standard InChI is InChI=1S/C17H32/c1-11-9-14(4)17(15(5)10-11)16-12(2)7-6-8-13(16)3/h11-17H,6-10H2,1-5H3. The summed E-state index contributed by atoms with van der Waals surface area (Å²) >= 11 is 0. The lowest BCUT2D eigenvalue weighted by molar-refractivity contribution is 0.00652. The third-order valence-electron chi connectivity index (χ3n) is 5.94. The van der Waals surface area contributed by atoms with Crippen molar-refractivity contribution in [2.24, 2.45) is 41.4 Å². The molecule has 100 valence electrons. The minimum atomic E-state index is 0.960. The molecule has 2 fully saturated rings. The Morgan fingerprint density at radius 3 is 1.47 bits per heavy atom. The first kappa shape index (κ1) is 13.4. The van der Waals surface area contributed by atoms with Crippen molar-refractivity contribution in [1.29, 1.82) is 0 Å². The van der Waals surface area contributed by atoms with Gasteiger partial charge in [0.25, 0.3) is 0 Å². The Morgan fingerprint density at radius 2 is 1.00 bits per heavy atom. The Hall–Kier alpha value is 0. The van der Waals surface area contributed by atoms with Crippen LogP contribution in [0.2, 0.25) is 0 Å². The summed E-state index contributed by atoms with van der Waals surface area (Å²) in [5, 5.41) is 0. The zero-order valence-electron chi connectivity index (χ0n) is 12.6. The highest BCUT2D eigenvalue weighted by atomic mass is 14.5. The molecule has 2 aliphatic rings. The molecule has 0 N–H and O–H groups in total. The first-order chi connectivity index (χ1) is 8.00. The van der Waals surface area contributed by atoms with Gasteiger partial charge < -0.3 is 0 Å². The van der Waals surface area contributed by atoms with Crippen LogP contribution in [0, 0.1) is 41.4 Å². The third kappa shape index (κ3) is 2.71. The fraction of sp³-hybridized carbons (Fsp3) is 1.00. The molecule has 0 aromatic heterocycles. The van der Waals surface area contributed by atoms with Gasteiger partial charge in [0.05, 0.1) is 0 Å². The molecule has 0 amide bonds. The zero-order chi connectivity index (χ0) is 12.6. The van der Waals surface area contributed by atoms with Gasteiger partial charge in [-0.3, -0.25) is 0 Å². The molecule has 17 heavy (non-hydrogen) atoms. The first-order valence-corrected chi connectivity index (χ1v) is 8.00. The van der Waals surface area contributed by atoms with Crippen LogP contribution < -0.4 is 0 Å². The molecule has 0 radical (unpaired) electrons. The summed E-state index contributed by atoms with van der Waals surface area (Å²) in [6.45, 7) is 12.6. The van der Waals surface area contributed by atoms with Crippen molar-refractivity contribution in [2.75, 3.05) is 0 Å². The van der Waals surface area contributed by atoms with Gasteiger partial charge in [-0.25, -0.2) is 0 Å². The molecule has 4 atom stereocenters. The van der Waals surface area contributed by atoms with Crippen LogP contribution >= 0.6 is 0 Å². The summed E-state index contributed by atoms with van der Waals surface area (Å²) in [5.41, 5.74) is 0. The number of hydrogen-bond acceptors (Lipinski definition) is 0. The molecule has 2 rings (SSSR count). The topological polar surface area (TPSA) is 0 Å². The Kier molecular flexibility index (Phi) is 4.21. The van der Waals surface area contributed by atoms with Crippen molar-refractivity contribution in [2.45, 2.75) is 66.7 Å². The van der Waals surface area contributed by atoms with Crippen molar-refractivity contribution in [3.05, 3.63) is 0 Å². The van der Waals surface area contributed by atoms with E-state index in [0.717, 1.165) is 41.4 Å². The largest absolute Gasteiger partial charge is 0.0625 e.